The first kappa shape index (κ1) is 4.80. The molecular weight excluding hydrogens is 98.1 g/mol. The monoisotopic (exact) mass is 111 g/mol. The lowest BCUT2D eigenvalue weighted by atomic mass is 9.78. The molecule has 2 bridgehead atoms. The van der Waals surface area contributed by atoms with Crippen LogP contribution in [0.25, 0.3) is 0 Å². The molecule has 3 saturated carbocycles. The predicted octanol–water partition coefficient (Wildman–Crippen LogP) is 0.990. The van der Waals surface area contributed by atoms with Gasteiger partial charge in [-0.3, -0.25) is 0 Å². The minimum Gasteiger partial charge on any atom is -0.327 e. The molecule has 0 aromatic heterocycles. The Hall–Kier alpha value is -0.0400. The third-order valence-electron chi connectivity index (χ3n) is 3.02. The standard InChI is InChI=1S/C7H13N/c1-4-2-5-3-6(4)7(5)8/h4-7H,2-3,8H2,1H3. The second-order valence-electron chi connectivity index (χ2n) is 3.45. The van der Waals surface area contributed by atoms with Crippen LogP contribution in [0.1, 0.15) is 19.8 Å². The molecule has 0 spiro atoms. The van der Waals surface area contributed by atoms with Crippen molar-refractivity contribution in [3.8, 4) is 0 Å². The van der Waals surface area contributed by atoms with Crippen molar-refractivity contribution in [2.45, 2.75) is 25.8 Å². The molecule has 0 amide bonds. The minimum atomic E-state index is 0.588. The Bertz CT molecular complexity index is 107. The van der Waals surface area contributed by atoms with Crippen LogP contribution in [0.15, 0.2) is 0 Å². The lowest BCUT2D eigenvalue weighted by Crippen LogP contribution is -2.42. The van der Waals surface area contributed by atoms with E-state index in [-0.39, 0.29) is 0 Å². The van der Waals surface area contributed by atoms with Crippen molar-refractivity contribution in [2.24, 2.45) is 23.5 Å². The van der Waals surface area contributed by atoms with Crippen LogP contribution in [0.4, 0.5) is 0 Å². The summed E-state index contributed by atoms with van der Waals surface area (Å²) in [5.74, 6) is 2.75. The van der Waals surface area contributed by atoms with Gasteiger partial charge in [-0.25, -0.2) is 0 Å². The molecule has 46 valence electrons. The largest absolute Gasteiger partial charge is 0.327 e. The van der Waals surface area contributed by atoms with Crippen LogP contribution in [0.3, 0.4) is 0 Å². The van der Waals surface area contributed by atoms with Crippen LogP contribution in [0, 0.1) is 17.8 Å². The Labute approximate surface area is 50.3 Å². The highest BCUT2D eigenvalue weighted by molar-refractivity contribution is 5.02. The molecular formula is C7H13N. The van der Waals surface area contributed by atoms with Gasteiger partial charge in [0.2, 0.25) is 0 Å². The average Bonchev–Trinajstić information content (AvgIpc) is 2.19. The van der Waals surface area contributed by atoms with Crippen molar-refractivity contribution in [3.63, 3.8) is 0 Å². The van der Waals surface area contributed by atoms with E-state index in [9.17, 15) is 0 Å². The van der Waals surface area contributed by atoms with Gasteiger partial charge in [-0.05, 0) is 30.6 Å². The molecule has 3 aliphatic rings. The summed E-state index contributed by atoms with van der Waals surface area (Å²) in [7, 11) is 0. The maximum absolute atomic E-state index is 5.82. The normalized spacial score (nSPS) is 60.8. The van der Waals surface area contributed by atoms with Crippen molar-refractivity contribution in [3.05, 3.63) is 0 Å². The second-order valence-corrected chi connectivity index (χ2v) is 3.45. The number of hydrogen-bond donors (Lipinski definition) is 1. The second kappa shape index (κ2) is 1.27. The van der Waals surface area contributed by atoms with E-state index in [0.717, 1.165) is 17.8 Å². The average molecular weight is 111 g/mol. The van der Waals surface area contributed by atoms with Gasteiger partial charge in [0.1, 0.15) is 0 Å². The molecule has 1 heteroatoms. The Morgan fingerprint density at radius 3 is 2.25 bits per heavy atom. The molecule has 2 N–H and O–H groups in total. The summed E-state index contributed by atoms with van der Waals surface area (Å²) >= 11 is 0. The number of fused-ring (bicyclic) bond motifs is 1. The lowest BCUT2D eigenvalue weighted by molar-refractivity contribution is 0.223. The zero-order valence-corrected chi connectivity index (χ0v) is 5.30. The molecule has 0 saturated heterocycles. The van der Waals surface area contributed by atoms with E-state index in [1.807, 2.05) is 0 Å². The molecule has 3 aliphatic carbocycles. The maximum atomic E-state index is 5.82. The van der Waals surface area contributed by atoms with Gasteiger partial charge < -0.3 is 5.73 Å². The number of rotatable bonds is 0. The summed E-state index contributed by atoms with van der Waals surface area (Å²) in [6.45, 7) is 2.33. The number of hydrogen-bond acceptors (Lipinski definition) is 1. The summed E-state index contributed by atoms with van der Waals surface area (Å²) in [5, 5.41) is 0. The third kappa shape index (κ3) is 0.368. The van der Waals surface area contributed by atoms with Crippen LogP contribution < -0.4 is 5.73 Å². The smallest absolute Gasteiger partial charge is 0.00985 e. The minimum absolute atomic E-state index is 0.588. The van der Waals surface area contributed by atoms with Crippen LogP contribution >= 0.6 is 0 Å². The summed E-state index contributed by atoms with van der Waals surface area (Å²) in [6.07, 6.45) is 2.84. The molecule has 3 fully saturated rings. The number of nitrogens with two attached hydrogens (primary N) is 1. The van der Waals surface area contributed by atoms with E-state index >= 15 is 0 Å². The zero-order chi connectivity index (χ0) is 5.72. The molecule has 4 unspecified atom stereocenters. The molecule has 0 heterocycles. The van der Waals surface area contributed by atoms with Crippen molar-refractivity contribution in [2.75, 3.05) is 0 Å². The van der Waals surface area contributed by atoms with E-state index in [4.69, 9.17) is 5.73 Å². The van der Waals surface area contributed by atoms with E-state index < -0.39 is 0 Å². The highest BCUT2D eigenvalue weighted by Crippen LogP contribution is 2.50. The summed E-state index contributed by atoms with van der Waals surface area (Å²) in [5.41, 5.74) is 5.82. The Morgan fingerprint density at radius 1 is 1.38 bits per heavy atom. The molecule has 0 aliphatic heterocycles. The zero-order valence-electron chi connectivity index (χ0n) is 5.30. The molecule has 3 rings (SSSR count). The first-order chi connectivity index (χ1) is 3.79. The van der Waals surface area contributed by atoms with Gasteiger partial charge in [0.15, 0.2) is 0 Å². The van der Waals surface area contributed by atoms with Crippen LogP contribution in [-0.4, -0.2) is 6.04 Å². The third-order valence-corrected chi connectivity index (χ3v) is 3.02. The molecule has 8 heavy (non-hydrogen) atoms. The lowest BCUT2D eigenvalue weighted by Gasteiger charge is -2.32. The molecule has 1 nitrogen and oxygen atoms in total. The Balaban J connectivity index is 2.13. The van der Waals surface area contributed by atoms with Crippen molar-refractivity contribution < 1.29 is 0 Å². The summed E-state index contributed by atoms with van der Waals surface area (Å²) in [4.78, 5) is 0. The molecule has 0 radical (unpaired) electrons. The van der Waals surface area contributed by atoms with Crippen molar-refractivity contribution in [1.29, 1.82) is 0 Å². The van der Waals surface area contributed by atoms with Gasteiger partial charge in [0.25, 0.3) is 0 Å². The van der Waals surface area contributed by atoms with E-state index in [1.54, 1.807) is 0 Å². The fraction of sp³-hybridized carbons (Fsp3) is 1.00. The van der Waals surface area contributed by atoms with E-state index in [0.29, 0.717) is 6.04 Å². The highest BCUT2D eigenvalue weighted by atomic mass is 14.8. The van der Waals surface area contributed by atoms with Crippen molar-refractivity contribution in [1.82, 2.24) is 0 Å². The fourth-order valence-corrected chi connectivity index (χ4v) is 2.33. The van der Waals surface area contributed by atoms with Crippen LogP contribution in [0.2, 0.25) is 0 Å². The van der Waals surface area contributed by atoms with Crippen molar-refractivity contribution >= 4 is 0 Å². The molecule has 0 aromatic rings. The quantitative estimate of drug-likeness (QED) is 0.495. The summed E-state index contributed by atoms with van der Waals surface area (Å²) < 4.78 is 0. The first-order valence-electron chi connectivity index (χ1n) is 3.54. The van der Waals surface area contributed by atoms with Gasteiger partial charge in [0, 0.05) is 6.04 Å². The first-order valence-corrected chi connectivity index (χ1v) is 3.54. The molecule has 0 aromatic carbocycles. The van der Waals surface area contributed by atoms with E-state index in [1.165, 1.54) is 12.8 Å². The summed E-state index contributed by atoms with van der Waals surface area (Å²) in [6, 6.07) is 0.588. The van der Waals surface area contributed by atoms with E-state index in [2.05, 4.69) is 6.92 Å². The van der Waals surface area contributed by atoms with Gasteiger partial charge in [-0.1, -0.05) is 6.92 Å². The Kier molecular flexibility index (Phi) is 0.762. The maximum Gasteiger partial charge on any atom is 0.00985 e. The molecule has 4 atom stereocenters. The van der Waals surface area contributed by atoms with Crippen LogP contribution in [-0.2, 0) is 0 Å². The Morgan fingerprint density at radius 2 is 2.12 bits per heavy atom. The van der Waals surface area contributed by atoms with Gasteiger partial charge in [0.05, 0.1) is 0 Å². The SMILES string of the molecule is CC1CC2CC1C2N. The highest BCUT2D eigenvalue weighted by Gasteiger charge is 2.48. The van der Waals surface area contributed by atoms with Gasteiger partial charge in [-0.15, -0.1) is 0 Å². The topological polar surface area (TPSA) is 26.0 Å². The van der Waals surface area contributed by atoms with Gasteiger partial charge >= 0.3 is 0 Å². The predicted molar refractivity (Wildman–Crippen MR) is 33.4 cm³/mol. The van der Waals surface area contributed by atoms with Crippen LogP contribution in [0.5, 0.6) is 0 Å². The fourth-order valence-electron chi connectivity index (χ4n) is 2.33. The van der Waals surface area contributed by atoms with Gasteiger partial charge in [-0.2, -0.15) is 0 Å².